The van der Waals surface area contributed by atoms with E-state index >= 15 is 0 Å². The highest BCUT2D eigenvalue weighted by molar-refractivity contribution is 9.10. The molecule has 110 valence electrons. The van der Waals surface area contributed by atoms with Crippen LogP contribution in [-0.2, 0) is 0 Å². The van der Waals surface area contributed by atoms with Crippen LogP contribution in [-0.4, -0.2) is 25.3 Å². The number of fused-ring (bicyclic) bond motifs is 1. The second kappa shape index (κ2) is 6.83. The molecule has 20 heavy (non-hydrogen) atoms. The minimum Gasteiger partial charge on any atom is -0.486 e. The number of urea groups is 1. The monoisotopic (exact) mass is 342 g/mol. The molecule has 0 atom stereocenters. The van der Waals surface area contributed by atoms with E-state index in [2.05, 4.69) is 40.4 Å². The van der Waals surface area contributed by atoms with Gasteiger partial charge in [0.25, 0.3) is 0 Å². The number of hydrogen-bond donors (Lipinski definition) is 2. The van der Waals surface area contributed by atoms with Crippen LogP contribution >= 0.6 is 15.9 Å². The van der Waals surface area contributed by atoms with Gasteiger partial charge in [0.15, 0.2) is 11.5 Å². The molecule has 0 bridgehead atoms. The highest BCUT2D eigenvalue weighted by atomic mass is 79.9. The fraction of sp³-hybridized carbons (Fsp3) is 0.500. The SMILES string of the molecule is CCC(CC)NC(=O)Nc1cc2c(cc1Br)OCCO2. The van der Waals surface area contributed by atoms with Crippen molar-refractivity contribution in [3.63, 3.8) is 0 Å². The molecule has 1 aliphatic rings. The summed E-state index contributed by atoms with van der Waals surface area (Å²) < 4.78 is 11.8. The molecule has 1 aromatic carbocycles. The number of hydrogen-bond acceptors (Lipinski definition) is 3. The minimum absolute atomic E-state index is 0.186. The molecule has 0 saturated carbocycles. The van der Waals surface area contributed by atoms with Crippen molar-refractivity contribution in [1.82, 2.24) is 5.32 Å². The first-order valence-electron chi connectivity index (χ1n) is 6.80. The van der Waals surface area contributed by atoms with Crippen molar-refractivity contribution in [2.24, 2.45) is 0 Å². The van der Waals surface area contributed by atoms with Gasteiger partial charge in [-0.3, -0.25) is 0 Å². The average Bonchev–Trinajstić information content (AvgIpc) is 2.45. The molecule has 2 rings (SSSR count). The minimum atomic E-state index is -0.212. The number of nitrogens with one attached hydrogen (secondary N) is 2. The summed E-state index contributed by atoms with van der Waals surface area (Å²) in [5.41, 5.74) is 0.665. The van der Waals surface area contributed by atoms with Crippen LogP contribution in [0.15, 0.2) is 16.6 Å². The molecule has 0 radical (unpaired) electrons. The zero-order valence-electron chi connectivity index (χ0n) is 11.7. The Kier molecular flexibility index (Phi) is 5.11. The van der Waals surface area contributed by atoms with Gasteiger partial charge in [0, 0.05) is 22.6 Å². The summed E-state index contributed by atoms with van der Waals surface area (Å²) in [6.45, 7) is 5.16. The molecule has 1 aliphatic heterocycles. The molecule has 5 nitrogen and oxygen atoms in total. The molecule has 1 aromatic rings. The van der Waals surface area contributed by atoms with E-state index in [9.17, 15) is 4.79 Å². The van der Waals surface area contributed by atoms with Crippen molar-refractivity contribution >= 4 is 27.6 Å². The van der Waals surface area contributed by atoms with E-state index in [0.29, 0.717) is 30.4 Å². The maximum Gasteiger partial charge on any atom is 0.319 e. The lowest BCUT2D eigenvalue weighted by Gasteiger charge is -2.21. The molecule has 0 aliphatic carbocycles. The molecule has 0 saturated heterocycles. The van der Waals surface area contributed by atoms with Crippen LogP contribution in [0.25, 0.3) is 0 Å². The molecule has 0 unspecified atom stereocenters. The third-order valence-corrected chi connectivity index (χ3v) is 3.86. The largest absolute Gasteiger partial charge is 0.486 e. The Morgan fingerprint density at radius 3 is 2.45 bits per heavy atom. The first-order chi connectivity index (χ1) is 9.63. The molecular weight excluding hydrogens is 324 g/mol. The Morgan fingerprint density at radius 1 is 1.25 bits per heavy atom. The lowest BCUT2D eigenvalue weighted by atomic mass is 10.2. The van der Waals surface area contributed by atoms with E-state index in [1.54, 1.807) is 12.1 Å². The maximum absolute atomic E-state index is 11.9. The number of halogens is 1. The Bertz CT molecular complexity index is 490. The van der Waals surface area contributed by atoms with E-state index in [1.807, 2.05) is 0 Å². The first-order valence-corrected chi connectivity index (χ1v) is 7.60. The predicted molar refractivity (Wildman–Crippen MR) is 81.7 cm³/mol. The number of ether oxygens (including phenoxy) is 2. The predicted octanol–water partition coefficient (Wildman–Crippen LogP) is 3.53. The van der Waals surface area contributed by atoms with Crippen LogP contribution in [0.5, 0.6) is 11.5 Å². The van der Waals surface area contributed by atoms with Gasteiger partial charge in [0.1, 0.15) is 13.2 Å². The van der Waals surface area contributed by atoms with E-state index < -0.39 is 0 Å². The van der Waals surface area contributed by atoms with Gasteiger partial charge in [0.05, 0.1) is 5.69 Å². The Labute approximate surface area is 127 Å². The van der Waals surface area contributed by atoms with Gasteiger partial charge in [-0.05, 0) is 28.8 Å². The highest BCUT2D eigenvalue weighted by Crippen LogP contribution is 2.38. The molecule has 0 spiro atoms. The standard InChI is InChI=1S/C14H19BrN2O3/c1-3-9(4-2)16-14(18)17-11-8-13-12(7-10(11)15)19-5-6-20-13/h7-9H,3-6H2,1-2H3,(H2,16,17,18). The smallest absolute Gasteiger partial charge is 0.319 e. The second-order valence-electron chi connectivity index (χ2n) is 4.59. The number of rotatable bonds is 4. The summed E-state index contributed by atoms with van der Waals surface area (Å²) in [6.07, 6.45) is 1.82. The Morgan fingerprint density at radius 2 is 1.85 bits per heavy atom. The van der Waals surface area contributed by atoms with Crippen LogP contribution in [0.1, 0.15) is 26.7 Å². The quantitative estimate of drug-likeness (QED) is 0.879. The second-order valence-corrected chi connectivity index (χ2v) is 5.44. The van der Waals surface area contributed by atoms with E-state index in [1.165, 1.54) is 0 Å². The molecule has 0 aromatic heterocycles. The summed E-state index contributed by atoms with van der Waals surface area (Å²) in [5.74, 6) is 1.34. The summed E-state index contributed by atoms with van der Waals surface area (Å²) in [5, 5.41) is 5.76. The van der Waals surface area contributed by atoms with Gasteiger partial charge in [-0.25, -0.2) is 4.79 Å². The zero-order valence-corrected chi connectivity index (χ0v) is 13.2. The molecule has 2 N–H and O–H groups in total. The van der Waals surface area contributed by atoms with Crippen LogP contribution in [0.3, 0.4) is 0 Å². The van der Waals surface area contributed by atoms with E-state index in [4.69, 9.17) is 9.47 Å². The van der Waals surface area contributed by atoms with Crippen LogP contribution < -0.4 is 20.1 Å². The van der Waals surface area contributed by atoms with Gasteiger partial charge >= 0.3 is 6.03 Å². The Balaban J connectivity index is 2.07. The number of carbonyl (C=O) groups is 1. The third-order valence-electron chi connectivity index (χ3n) is 3.20. The van der Waals surface area contributed by atoms with Crippen molar-refractivity contribution in [2.45, 2.75) is 32.7 Å². The highest BCUT2D eigenvalue weighted by Gasteiger charge is 2.16. The van der Waals surface area contributed by atoms with Crippen molar-refractivity contribution in [3.8, 4) is 11.5 Å². The van der Waals surface area contributed by atoms with Crippen LogP contribution in [0.2, 0.25) is 0 Å². The molecular formula is C14H19BrN2O3. The maximum atomic E-state index is 11.9. The molecule has 1 heterocycles. The lowest BCUT2D eigenvalue weighted by Crippen LogP contribution is -2.37. The molecule has 6 heteroatoms. The summed E-state index contributed by atoms with van der Waals surface area (Å²) in [6, 6.07) is 3.55. The van der Waals surface area contributed by atoms with Crippen molar-refractivity contribution in [2.75, 3.05) is 18.5 Å². The van der Waals surface area contributed by atoms with Gasteiger partial charge in [-0.1, -0.05) is 13.8 Å². The average molecular weight is 343 g/mol. The fourth-order valence-corrected chi connectivity index (χ4v) is 2.42. The number of carbonyl (C=O) groups excluding carboxylic acids is 1. The van der Waals surface area contributed by atoms with Gasteiger partial charge in [-0.2, -0.15) is 0 Å². The number of amides is 2. The third kappa shape index (κ3) is 3.56. The fourth-order valence-electron chi connectivity index (χ4n) is 2.00. The van der Waals surface area contributed by atoms with Crippen molar-refractivity contribution in [3.05, 3.63) is 16.6 Å². The summed E-state index contributed by atoms with van der Waals surface area (Å²) >= 11 is 3.43. The van der Waals surface area contributed by atoms with E-state index in [0.717, 1.165) is 17.3 Å². The lowest BCUT2D eigenvalue weighted by molar-refractivity contribution is 0.171. The first kappa shape index (κ1) is 15.0. The van der Waals surface area contributed by atoms with Crippen molar-refractivity contribution < 1.29 is 14.3 Å². The normalized spacial score (nSPS) is 13.2. The molecule has 0 fully saturated rings. The van der Waals surface area contributed by atoms with Gasteiger partial charge < -0.3 is 20.1 Å². The summed E-state index contributed by atoms with van der Waals surface area (Å²) in [4.78, 5) is 11.9. The molecule has 2 amide bonds. The van der Waals surface area contributed by atoms with Gasteiger partial charge in [0.2, 0.25) is 0 Å². The summed E-state index contributed by atoms with van der Waals surface area (Å²) in [7, 11) is 0. The van der Waals surface area contributed by atoms with Crippen LogP contribution in [0.4, 0.5) is 10.5 Å². The van der Waals surface area contributed by atoms with Gasteiger partial charge in [-0.15, -0.1) is 0 Å². The van der Waals surface area contributed by atoms with E-state index in [-0.39, 0.29) is 12.1 Å². The zero-order chi connectivity index (χ0) is 14.5. The topological polar surface area (TPSA) is 59.6 Å². The number of benzene rings is 1. The van der Waals surface area contributed by atoms with Crippen molar-refractivity contribution in [1.29, 1.82) is 0 Å². The Hall–Kier alpha value is -1.43. The number of anilines is 1. The van der Waals surface area contributed by atoms with Crippen LogP contribution in [0, 0.1) is 0 Å².